The smallest absolute Gasteiger partial charge is 0.406 e. The number of nitrogens with zero attached hydrogens (tertiary/aromatic N) is 3. The summed E-state index contributed by atoms with van der Waals surface area (Å²) in [6.45, 7) is 4.35. The summed E-state index contributed by atoms with van der Waals surface area (Å²) in [4.78, 5) is 4.94. The number of hydrazine groups is 1. The van der Waals surface area contributed by atoms with E-state index in [0.29, 0.717) is 44.5 Å². The molecule has 3 aromatic carbocycles. The molecule has 0 aliphatic rings. The van der Waals surface area contributed by atoms with Crippen molar-refractivity contribution in [3.63, 3.8) is 0 Å². The molecule has 7 nitrogen and oxygen atoms in total. The zero-order valence-corrected chi connectivity index (χ0v) is 24.5. The number of aromatic nitrogens is 2. The average Bonchev–Trinajstić information content (AvgIpc) is 3.26. The molecule has 0 fully saturated rings. The lowest BCUT2D eigenvalue weighted by molar-refractivity contribution is -0.274. The van der Waals surface area contributed by atoms with Crippen molar-refractivity contribution < 1.29 is 31.8 Å². The van der Waals surface area contributed by atoms with E-state index in [0.717, 1.165) is 12.1 Å². The highest BCUT2D eigenvalue weighted by Crippen LogP contribution is 2.38. The molecule has 0 radical (unpaired) electrons. The lowest BCUT2D eigenvalue weighted by Gasteiger charge is -2.26. The maximum absolute atomic E-state index is 14.9. The largest absolute Gasteiger partial charge is 0.573 e. The quantitative estimate of drug-likeness (QED) is 0.0797. The van der Waals surface area contributed by atoms with Gasteiger partial charge in [0.05, 0.1) is 29.4 Å². The predicted octanol–water partition coefficient (Wildman–Crippen LogP) is 7.08. The number of aliphatic hydroxyl groups excluding tert-OH is 1. The SMILES string of the molecule is CSc1cc(-c2ccc(-n3c(C)nc(C(C)F)c3C)c(N(N)/C(=C\N)c3ccc(OC(F)(F)F)cc3)c2)cc(F)c1CO. The highest BCUT2D eigenvalue weighted by molar-refractivity contribution is 7.98. The highest BCUT2D eigenvalue weighted by Gasteiger charge is 2.31. The third-order valence-electron chi connectivity index (χ3n) is 6.83. The third-order valence-corrected chi connectivity index (χ3v) is 7.64. The van der Waals surface area contributed by atoms with E-state index in [1.54, 1.807) is 48.9 Å². The van der Waals surface area contributed by atoms with Crippen LogP contribution in [-0.2, 0) is 6.61 Å². The van der Waals surface area contributed by atoms with Gasteiger partial charge in [-0.15, -0.1) is 24.9 Å². The summed E-state index contributed by atoms with van der Waals surface area (Å²) >= 11 is 1.28. The second-order valence-corrected chi connectivity index (χ2v) is 10.4. The molecule has 0 saturated carbocycles. The van der Waals surface area contributed by atoms with Crippen LogP contribution in [0.25, 0.3) is 22.5 Å². The fourth-order valence-electron chi connectivity index (χ4n) is 4.87. The minimum atomic E-state index is -4.86. The standard InChI is InChI=1S/C30H30F5N5O2S/c1-16(31)29-17(2)39(18(3)38-29)25-10-7-20(21-11-24(32)23(15-41)28(13-21)43-4)12-26(25)40(37)27(14-36)19-5-8-22(9-6-19)42-30(33,34)35/h5-14,16,41H,15,36-37H2,1-4H3/b27-14-. The van der Waals surface area contributed by atoms with E-state index in [-0.39, 0.29) is 17.0 Å². The first-order valence-corrected chi connectivity index (χ1v) is 14.2. The molecule has 1 heterocycles. The van der Waals surface area contributed by atoms with Crippen molar-refractivity contribution in [2.75, 3.05) is 11.3 Å². The van der Waals surface area contributed by atoms with Gasteiger partial charge in [0.15, 0.2) is 0 Å². The zero-order valence-electron chi connectivity index (χ0n) is 23.7. The van der Waals surface area contributed by atoms with E-state index in [4.69, 9.17) is 11.6 Å². The van der Waals surface area contributed by atoms with E-state index >= 15 is 0 Å². The van der Waals surface area contributed by atoms with Gasteiger partial charge in [-0.25, -0.2) is 19.6 Å². The Morgan fingerprint density at radius 2 is 1.79 bits per heavy atom. The summed E-state index contributed by atoms with van der Waals surface area (Å²) in [5.74, 6) is 6.14. The molecule has 4 rings (SSSR count). The Balaban J connectivity index is 1.90. The number of rotatable bonds is 9. The molecule has 5 N–H and O–H groups in total. The van der Waals surface area contributed by atoms with Crippen molar-refractivity contribution in [3.05, 3.63) is 95.0 Å². The van der Waals surface area contributed by atoms with Gasteiger partial charge in [-0.1, -0.05) is 6.07 Å². The highest BCUT2D eigenvalue weighted by atomic mass is 32.2. The molecule has 228 valence electrons. The van der Waals surface area contributed by atoms with Gasteiger partial charge in [0.1, 0.15) is 23.6 Å². The molecule has 13 heteroatoms. The Labute approximate surface area is 249 Å². The lowest BCUT2D eigenvalue weighted by atomic mass is 10.0. The van der Waals surface area contributed by atoms with Crippen LogP contribution in [0.3, 0.4) is 0 Å². The Morgan fingerprint density at radius 1 is 1.12 bits per heavy atom. The molecule has 0 spiro atoms. The summed E-state index contributed by atoms with van der Waals surface area (Å²) in [6.07, 6.45) is -3.23. The van der Waals surface area contributed by atoms with Gasteiger partial charge in [-0.3, -0.25) is 9.58 Å². The van der Waals surface area contributed by atoms with Gasteiger partial charge < -0.3 is 15.6 Å². The van der Waals surface area contributed by atoms with Gasteiger partial charge in [0.2, 0.25) is 0 Å². The Morgan fingerprint density at radius 3 is 2.33 bits per heavy atom. The average molecular weight is 620 g/mol. The predicted molar refractivity (Wildman–Crippen MR) is 158 cm³/mol. The topological polar surface area (TPSA) is 103 Å². The van der Waals surface area contributed by atoms with Crippen LogP contribution in [0.1, 0.15) is 41.4 Å². The Bertz CT molecular complexity index is 1650. The van der Waals surface area contributed by atoms with Crippen LogP contribution in [0.15, 0.2) is 65.7 Å². The number of thioether (sulfide) groups is 1. The molecule has 0 bridgehead atoms. The van der Waals surface area contributed by atoms with Crippen molar-refractivity contribution in [1.29, 1.82) is 0 Å². The van der Waals surface area contributed by atoms with E-state index < -0.39 is 30.7 Å². The Hall–Kier alpha value is -4.07. The van der Waals surface area contributed by atoms with E-state index in [2.05, 4.69) is 9.72 Å². The Kier molecular flexibility index (Phi) is 9.38. The van der Waals surface area contributed by atoms with Crippen LogP contribution < -0.4 is 21.3 Å². The van der Waals surface area contributed by atoms with Gasteiger partial charge in [0, 0.05) is 27.9 Å². The zero-order chi connectivity index (χ0) is 31.6. The van der Waals surface area contributed by atoms with Gasteiger partial charge in [-0.05, 0) is 86.7 Å². The lowest BCUT2D eigenvalue weighted by Crippen LogP contribution is -2.31. The third kappa shape index (κ3) is 6.63. The molecular weight excluding hydrogens is 589 g/mol. The summed E-state index contributed by atoms with van der Waals surface area (Å²) in [5.41, 5.74) is 9.44. The minimum absolute atomic E-state index is 0.178. The second-order valence-electron chi connectivity index (χ2n) is 9.58. The van der Waals surface area contributed by atoms with Crippen LogP contribution in [0, 0.1) is 19.7 Å². The monoisotopic (exact) mass is 619 g/mol. The van der Waals surface area contributed by atoms with Crippen molar-refractivity contribution in [2.24, 2.45) is 11.6 Å². The number of alkyl halides is 4. The molecule has 4 aromatic rings. The second kappa shape index (κ2) is 12.7. The maximum atomic E-state index is 14.9. The van der Waals surface area contributed by atoms with Crippen LogP contribution in [0.2, 0.25) is 0 Å². The molecule has 0 amide bonds. The van der Waals surface area contributed by atoms with Crippen molar-refractivity contribution in [3.8, 4) is 22.6 Å². The number of anilines is 1. The fourth-order valence-corrected chi connectivity index (χ4v) is 5.52. The number of halogens is 5. The number of ether oxygens (including phenoxy) is 1. The van der Waals surface area contributed by atoms with Crippen molar-refractivity contribution >= 4 is 23.1 Å². The van der Waals surface area contributed by atoms with Gasteiger partial charge >= 0.3 is 6.36 Å². The molecule has 1 unspecified atom stereocenters. The number of nitrogens with two attached hydrogens (primary N) is 2. The molecule has 0 aliphatic heterocycles. The van der Waals surface area contributed by atoms with Crippen molar-refractivity contribution in [1.82, 2.24) is 9.55 Å². The normalized spacial score (nSPS) is 12.9. The summed E-state index contributed by atoms with van der Waals surface area (Å²) < 4.78 is 73.1. The molecular formula is C30H30F5N5O2S. The molecule has 1 aromatic heterocycles. The van der Waals surface area contributed by atoms with Crippen LogP contribution in [0.4, 0.5) is 27.6 Å². The number of imidazole rings is 1. The molecule has 0 aliphatic carbocycles. The summed E-state index contributed by atoms with van der Waals surface area (Å²) in [6, 6.07) is 13.2. The first-order valence-electron chi connectivity index (χ1n) is 12.9. The number of aryl methyl sites for hydroxylation is 1. The fraction of sp³-hybridized carbons (Fsp3) is 0.233. The first-order chi connectivity index (χ1) is 20.3. The summed E-state index contributed by atoms with van der Waals surface area (Å²) in [7, 11) is 0. The van der Waals surface area contributed by atoms with Crippen LogP contribution in [0.5, 0.6) is 5.75 Å². The number of hydrogen-bond acceptors (Lipinski definition) is 7. The van der Waals surface area contributed by atoms with Crippen LogP contribution in [-0.4, -0.2) is 27.3 Å². The van der Waals surface area contributed by atoms with E-state index in [1.165, 1.54) is 48.1 Å². The van der Waals surface area contributed by atoms with E-state index in [1.807, 2.05) is 0 Å². The van der Waals surface area contributed by atoms with Gasteiger partial charge in [-0.2, -0.15) is 0 Å². The number of hydrogen-bond donors (Lipinski definition) is 3. The van der Waals surface area contributed by atoms with Gasteiger partial charge in [0.25, 0.3) is 0 Å². The first kappa shape index (κ1) is 31.9. The summed E-state index contributed by atoms with van der Waals surface area (Å²) in [5, 5.41) is 10.9. The van der Waals surface area contributed by atoms with Crippen molar-refractivity contribution in [2.45, 2.75) is 44.8 Å². The molecule has 43 heavy (non-hydrogen) atoms. The maximum Gasteiger partial charge on any atom is 0.573 e. The minimum Gasteiger partial charge on any atom is -0.406 e. The van der Waals surface area contributed by atoms with Crippen LogP contribution >= 0.6 is 11.8 Å². The number of benzene rings is 3. The molecule has 0 saturated heterocycles. The number of aliphatic hydroxyl groups is 1. The molecule has 1 atom stereocenters. The van der Waals surface area contributed by atoms with E-state index in [9.17, 15) is 27.1 Å².